The van der Waals surface area contributed by atoms with E-state index >= 15 is 0 Å². The van der Waals surface area contributed by atoms with Gasteiger partial charge in [-0.1, -0.05) is 28.1 Å². The summed E-state index contributed by atoms with van der Waals surface area (Å²) in [5.41, 5.74) is -0.0318. The van der Waals surface area contributed by atoms with E-state index in [9.17, 15) is 18.0 Å². The van der Waals surface area contributed by atoms with Gasteiger partial charge in [0.25, 0.3) is 0 Å². The minimum Gasteiger partial charge on any atom is -0.465 e. The summed E-state index contributed by atoms with van der Waals surface area (Å²) in [6, 6.07) is 2.29. The Morgan fingerprint density at radius 3 is 2.30 bits per heavy atom. The Morgan fingerprint density at radius 2 is 1.87 bits per heavy atom. The van der Waals surface area contributed by atoms with Crippen molar-refractivity contribution in [2.75, 3.05) is 6.61 Å². The van der Waals surface area contributed by atoms with Crippen LogP contribution in [0.1, 0.15) is 24.9 Å². The van der Waals surface area contributed by atoms with Gasteiger partial charge < -0.3 is 4.74 Å². The van der Waals surface area contributed by atoms with Crippen LogP contribution in [0.15, 0.2) is 28.7 Å². The van der Waals surface area contributed by atoms with Crippen LogP contribution in [0.2, 0.25) is 0 Å². The summed E-state index contributed by atoms with van der Waals surface area (Å²) in [5.74, 6) is -0.829. The molecule has 2 atom stereocenters. The third-order valence-electron chi connectivity index (χ3n) is 2.88. The van der Waals surface area contributed by atoms with E-state index in [0.717, 1.165) is 0 Å². The van der Waals surface area contributed by atoms with Crippen molar-refractivity contribution in [2.24, 2.45) is 0 Å². The summed E-state index contributed by atoms with van der Waals surface area (Å²) in [6.45, 7) is 1.60. The predicted molar refractivity (Wildman–Crippen MR) is 86.6 cm³/mol. The summed E-state index contributed by atoms with van der Waals surface area (Å²) in [7, 11) is 0. The lowest BCUT2D eigenvalue weighted by Gasteiger charge is -2.27. The first-order chi connectivity index (χ1) is 10.6. The molecule has 0 amide bonds. The van der Waals surface area contributed by atoms with Crippen LogP contribution >= 0.6 is 39.1 Å². The fourth-order valence-electron chi connectivity index (χ4n) is 1.89. The van der Waals surface area contributed by atoms with Crippen molar-refractivity contribution in [3.05, 3.63) is 34.3 Å². The molecule has 0 radical (unpaired) electrons. The van der Waals surface area contributed by atoms with E-state index in [1.165, 1.54) is 24.3 Å². The Hall–Kier alpha value is -0.500. The van der Waals surface area contributed by atoms with Crippen LogP contribution in [0.25, 0.3) is 0 Å². The van der Waals surface area contributed by atoms with E-state index in [1.54, 1.807) is 6.92 Å². The van der Waals surface area contributed by atoms with Crippen molar-refractivity contribution in [2.45, 2.75) is 36.4 Å². The van der Waals surface area contributed by atoms with Gasteiger partial charge in [0.1, 0.15) is 16.9 Å². The van der Waals surface area contributed by atoms with Gasteiger partial charge in [0.2, 0.25) is 0 Å². The highest BCUT2D eigenvalue weighted by atomic mass is 79.9. The molecule has 0 aliphatic rings. The van der Waals surface area contributed by atoms with Gasteiger partial charge in [-0.05, 0) is 24.6 Å². The molecule has 23 heavy (non-hydrogen) atoms. The first kappa shape index (κ1) is 20.5. The SMILES string of the molecule is CCOC(=O)[C@H](CC(Cl)Cl)N[C@@H](c1ccc(Br)cc1)C(F)(F)F. The molecular formula is C14H15BrCl2F3NO2. The molecule has 9 heteroatoms. The summed E-state index contributed by atoms with van der Waals surface area (Å²) >= 11 is 14.4. The number of benzene rings is 1. The maximum Gasteiger partial charge on any atom is 0.407 e. The molecule has 0 spiro atoms. The van der Waals surface area contributed by atoms with Gasteiger partial charge in [-0.15, -0.1) is 23.2 Å². The quantitative estimate of drug-likeness (QED) is 0.494. The minimum absolute atomic E-state index is 0.0318. The number of hydrogen-bond acceptors (Lipinski definition) is 3. The van der Waals surface area contributed by atoms with Gasteiger partial charge >= 0.3 is 12.1 Å². The zero-order chi connectivity index (χ0) is 17.6. The molecule has 0 unspecified atom stereocenters. The molecule has 1 N–H and O–H groups in total. The molecule has 0 saturated carbocycles. The molecule has 1 aromatic carbocycles. The fourth-order valence-corrected chi connectivity index (χ4v) is 2.51. The van der Waals surface area contributed by atoms with Crippen LogP contribution in [-0.4, -0.2) is 29.6 Å². The largest absolute Gasteiger partial charge is 0.465 e. The van der Waals surface area contributed by atoms with E-state index in [4.69, 9.17) is 27.9 Å². The monoisotopic (exact) mass is 435 g/mol. The summed E-state index contributed by atoms with van der Waals surface area (Å²) < 4.78 is 45.5. The molecule has 0 aliphatic carbocycles. The smallest absolute Gasteiger partial charge is 0.407 e. The van der Waals surface area contributed by atoms with E-state index in [1.807, 2.05) is 0 Å². The molecule has 0 bridgehead atoms. The minimum atomic E-state index is -4.60. The standard InChI is InChI=1S/C14H15BrCl2F3NO2/c1-2-23-13(22)10(7-11(16)17)21-12(14(18,19)20)8-3-5-9(15)6-4-8/h3-6,10-12,21H,2,7H2,1H3/t10-,12-/m0/s1. The molecule has 0 heterocycles. The number of carbonyl (C=O) groups is 1. The number of hydrogen-bond donors (Lipinski definition) is 1. The van der Waals surface area contributed by atoms with Crippen LogP contribution in [0.5, 0.6) is 0 Å². The normalized spacial score (nSPS) is 14.6. The third kappa shape index (κ3) is 6.87. The zero-order valence-electron chi connectivity index (χ0n) is 12.0. The van der Waals surface area contributed by atoms with Gasteiger partial charge in [0, 0.05) is 10.9 Å². The highest BCUT2D eigenvalue weighted by Crippen LogP contribution is 2.34. The summed E-state index contributed by atoms with van der Waals surface area (Å²) in [4.78, 5) is 10.8. The van der Waals surface area contributed by atoms with Crippen molar-refractivity contribution in [3.8, 4) is 0 Å². The molecule has 0 aromatic heterocycles. The topological polar surface area (TPSA) is 38.3 Å². The highest BCUT2D eigenvalue weighted by molar-refractivity contribution is 9.10. The van der Waals surface area contributed by atoms with Crippen molar-refractivity contribution < 1.29 is 22.7 Å². The van der Waals surface area contributed by atoms with Gasteiger partial charge in [-0.3, -0.25) is 10.1 Å². The Balaban J connectivity index is 3.05. The number of ether oxygens (including phenoxy) is 1. The highest BCUT2D eigenvalue weighted by Gasteiger charge is 2.43. The number of nitrogens with one attached hydrogen (secondary N) is 1. The Labute approximate surface area is 150 Å². The van der Waals surface area contributed by atoms with Crippen LogP contribution in [0.4, 0.5) is 13.2 Å². The van der Waals surface area contributed by atoms with Crippen LogP contribution in [-0.2, 0) is 9.53 Å². The number of rotatable bonds is 7. The van der Waals surface area contributed by atoms with E-state index in [-0.39, 0.29) is 18.6 Å². The van der Waals surface area contributed by atoms with E-state index < -0.39 is 29.1 Å². The average Bonchev–Trinajstić information content (AvgIpc) is 2.43. The maximum absolute atomic E-state index is 13.4. The Bertz CT molecular complexity index is 512. The van der Waals surface area contributed by atoms with Gasteiger partial charge in [-0.25, -0.2) is 0 Å². The lowest BCUT2D eigenvalue weighted by molar-refractivity contribution is -0.164. The zero-order valence-corrected chi connectivity index (χ0v) is 15.1. The second kappa shape index (κ2) is 9.11. The Kier molecular flexibility index (Phi) is 8.13. The average molecular weight is 437 g/mol. The fraction of sp³-hybridized carbons (Fsp3) is 0.500. The van der Waals surface area contributed by atoms with E-state index in [0.29, 0.717) is 4.47 Å². The molecule has 0 aliphatic heterocycles. The van der Waals surface area contributed by atoms with E-state index in [2.05, 4.69) is 21.2 Å². The van der Waals surface area contributed by atoms with Crippen molar-refractivity contribution in [1.29, 1.82) is 0 Å². The lowest BCUT2D eigenvalue weighted by atomic mass is 10.0. The Morgan fingerprint density at radius 1 is 1.30 bits per heavy atom. The third-order valence-corrected chi connectivity index (χ3v) is 3.77. The second-order valence-electron chi connectivity index (χ2n) is 4.62. The van der Waals surface area contributed by atoms with Crippen molar-refractivity contribution >= 4 is 45.1 Å². The van der Waals surface area contributed by atoms with Crippen LogP contribution in [0, 0.1) is 0 Å². The summed E-state index contributed by atoms with van der Waals surface area (Å²) in [6.07, 6.45) is -4.81. The number of halogens is 6. The second-order valence-corrected chi connectivity index (χ2v) is 6.82. The van der Waals surface area contributed by atoms with Crippen LogP contribution in [0.3, 0.4) is 0 Å². The van der Waals surface area contributed by atoms with Crippen molar-refractivity contribution in [1.82, 2.24) is 5.32 Å². The van der Waals surface area contributed by atoms with Gasteiger partial charge in [0.15, 0.2) is 0 Å². The first-order valence-electron chi connectivity index (χ1n) is 6.68. The molecule has 1 rings (SSSR count). The molecule has 0 saturated heterocycles. The van der Waals surface area contributed by atoms with Gasteiger partial charge in [-0.2, -0.15) is 13.2 Å². The predicted octanol–water partition coefficient (Wildman–Crippen LogP) is 4.77. The molecule has 1 aromatic rings. The van der Waals surface area contributed by atoms with Crippen LogP contribution < -0.4 is 5.32 Å². The molecular weight excluding hydrogens is 422 g/mol. The first-order valence-corrected chi connectivity index (χ1v) is 8.34. The lowest BCUT2D eigenvalue weighted by Crippen LogP contribution is -2.46. The number of carbonyl (C=O) groups excluding carboxylic acids is 1. The molecule has 0 fully saturated rings. The number of esters is 1. The maximum atomic E-state index is 13.4. The molecule has 130 valence electrons. The van der Waals surface area contributed by atoms with Crippen molar-refractivity contribution in [3.63, 3.8) is 0 Å². The number of alkyl halides is 5. The summed E-state index contributed by atoms with van der Waals surface area (Å²) in [5, 5.41) is 2.26. The molecule has 3 nitrogen and oxygen atoms in total. The van der Waals surface area contributed by atoms with Gasteiger partial charge in [0.05, 0.1) is 6.61 Å².